The Morgan fingerprint density at radius 1 is 1.10 bits per heavy atom. The van der Waals surface area contributed by atoms with E-state index in [-0.39, 0.29) is 0 Å². The van der Waals surface area contributed by atoms with E-state index in [2.05, 4.69) is 71.8 Å². The summed E-state index contributed by atoms with van der Waals surface area (Å²) in [6.45, 7) is 3.02. The first kappa shape index (κ1) is 13.3. The third-order valence-electron chi connectivity index (χ3n) is 3.44. The number of anilines is 1. The molecule has 3 heteroatoms. The lowest BCUT2D eigenvalue weighted by molar-refractivity contribution is 0.966. The fraction of sp³-hybridized carbons (Fsp3) is 0.235. The first-order valence-corrected chi connectivity index (χ1v) is 7.85. The zero-order valence-electron chi connectivity index (χ0n) is 11.5. The molecular formula is C17H18N2S. The maximum atomic E-state index is 4.60. The normalized spacial score (nSPS) is 17.9. The number of rotatable bonds is 3. The van der Waals surface area contributed by atoms with Gasteiger partial charge in [0, 0.05) is 5.69 Å². The number of benzene rings is 2. The van der Waals surface area contributed by atoms with Crippen LogP contribution >= 0.6 is 11.8 Å². The van der Waals surface area contributed by atoms with Crippen LogP contribution in [-0.2, 0) is 6.42 Å². The lowest BCUT2D eigenvalue weighted by atomic mass is 10.1. The van der Waals surface area contributed by atoms with Crippen molar-refractivity contribution in [2.75, 3.05) is 11.9 Å². The molecule has 1 aliphatic rings. The first-order chi connectivity index (χ1) is 9.85. The number of aryl methyl sites for hydroxylation is 1. The van der Waals surface area contributed by atoms with Crippen molar-refractivity contribution >= 4 is 22.6 Å². The minimum absolute atomic E-state index is 0.439. The zero-order chi connectivity index (χ0) is 13.8. The molecule has 102 valence electrons. The van der Waals surface area contributed by atoms with Crippen molar-refractivity contribution in [3.63, 3.8) is 0 Å². The molecule has 0 radical (unpaired) electrons. The molecule has 1 heterocycles. The highest BCUT2D eigenvalue weighted by Crippen LogP contribution is 2.35. The molecular weight excluding hydrogens is 264 g/mol. The van der Waals surface area contributed by atoms with Crippen molar-refractivity contribution in [1.82, 2.24) is 0 Å². The van der Waals surface area contributed by atoms with Gasteiger partial charge in [0.1, 0.15) is 0 Å². The molecule has 2 aromatic rings. The Hall–Kier alpha value is -1.74. The van der Waals surface area contributed by atoms with E-state index in [1.165, 1.54) is 11.1 Å². The van der Waals surface area contributed by atoms with Crippen molar-refractivity contribution < 1.29 is 0 Å². The Morgan fingerprint density at radius 3 is 2.55 bits per heavy atom. The molecule has 0 unspecified atom stereocenters. The van der Waals surface area contributed by atoms with E-state index in [0.717, 1.165) is 23.8 Å². The van der Waals surface area contributed by atoms with Crippen LogP contribution in [0, 0.1) is 0 Å². The largest absolute Gasteiger partial charge is 0.335 e. The average Bonchev–Trinajstić information content (AvgIpc) is 2.97. The summed E-state index contributed by atoms with van der Waals surface area (Å²) in [7, 11) is 0. The van der Waals surface area contributed by atoms with Crippen molar-refractivity contribution in [2.24, 2.45) is 4.99 Å². The van der Waals surface area contributed by atoms with Crippen LogP contribution in [0.15, 0.2) is 59.6 Å². The first-order valence-electron chi connectivity index (χ1n) is 6.97. The summed E-state index contributed by atoms with van der Waals surface area (Å²) in [4.78, 5) is 4.60. The molecule has 0 saturated carbocycles. The van der Waals surface area contributed by atoms with Crippen LogP contribution in [0.25, 0.3) is 0 Å². The highest BCUT2D eigenvalue weighted by Gasteiger charge is 2.21. The van der Waals surface area contributed by atoms with Crippen LogP contribution in [0.5, 0.6) is 0 Å². The highest BCUT2D eigenvalue weighted by molar-refractivity contribution is 8.14. The molecule has 2 nitrogen and oxygen atoms in total. The fourth-order valence-electron chi connectivity index (χ4n) is 2.23. The standard InChI is InChI=1S/C17H18N2S/c1-2-13-8-10-15(11-9-13)19-17-18-12-16(20-17)14-6-4-3-5-7-14/h3-11,16H,2,12H2,1H3,(H,18,19)/t16-/m0/s1. The average molecular weight is 282 g/mol. The number of hydrogen-bond donors (Lipinski definition) is 1. The number of aliphatic imine (C=N–C) groups is 1. The van der Waals surface area contributed by atoms with E-state index in [4.69, 9.17) is 0 Å². The van der Waals surface area contributed by atoms with Crippen molar-refractivity contribution in [1.29, 1.82) is 0 Å². The second-order valence-electron chi connectivity index (χ2n) is 4.84. The molecule has 0 fully saturated rings. The van der Waals surface area contributed by atoms with Crippen LogP contribution in [0.3, 0.4) is 0 Å². The summed E-state index contributed by atoms with van der Waals surface area (Å²) in [5.74, 6) is 0. The van der Waals surface area contributed by atoms with E-state index in [1.807, 2.05) is 11.8 Å². The number of amidine groups is 1. The van der Waals surface area contributed by atoms with Crippen molar-refractivity contribution in [2.45, 2.75) is 18.6 Å². The predicted molar refractivity (Wildman–Crippen MR) is 88.5 cm³/mol. The van der Waals surface area contributed by atoms with E-state index in [9.17, 15) is 0 Å². The molecule has 3 rings (SSSR count). The molecule has 0 spiro atoms. The summed E-state index contributed by atoms with van der Waals surface area (Å²) < 4.78 is 0. The summed E-state index contributed by atoms with van der Waals surface area (Å²) in [5.41, 5.74) is 3.82. The Kier molecular flexibility index (Phi) is 4.07. The van der Waals surface area contributed by atoms with Gasteiger partial charge in [-0.25, -0.2) is 0 Å². The summed E-state index contributed by atoms with van der Waals surface area (Å²) >= 11 is 1.81. The summed E-state index contributed by atoms with van der Waals surface area (Å²) in [5, 5.41) is 4.86. The quantitative estimate of drug-likeness (QED) is 0.896. The summed E-state index contributed by atoms with van der Waals surface area (Å²) in [6.07, 6.45) is 1.08. The van der Waals surface area contributed by atoms with Gasteiger partial charge in [0.25, 0.3) is 0 Å². The second kappa shape index (κ2) is 6.14. The van der Waals surface area contributed by atoms with Crippen LogP contribution in [0.1, 0.15) is 23.3 Å². The molecule has 0 aliphatic carbocycles. The number of nitrogens with one attached hydrogen (secondary N) is 1. The van der Waals surface area contributed by atoms with Gasteiger partial charge in [-0.3, -0.25) is 4.99 Å². The van der Waals surface area contributed by atoms with Gasteiger partial charge in [-0.15, -0.1) is 0 Å². The van der Waals surface area contributed by atoms with Gasteiger partial charge in [-0.2, -0.15) is 0 Å². The van der Waals surface area contributed by atoms with Crippen molar-refractivity contribution in [3.8, 4) is 0 Å². The molecule has 1 aliphatic heterocycles. The molecule has 0 bridgehead atoms. The molecule has 20 heavy (non-hydrogen) atoms. The lowest BCUT2D eigenvalue weighted by Gasteiger charge is -2.09. The van der Waals surface area contributed by atoms with Crippen LogP contribution in [-0.4, -0.2) is 11.7 Å². The molecule has 0 amide bonds. The molecule has 1 N–H and O–H groups in total. The minimum atomic E-state index is 0.439. The Balaban J connectivity index is 1.62. The Labute approximate surface area is 124 Å². The van der Waals surface area contributed by atoms with Gasteiger partial charge in [-0.05, 0) is 29.7 Å². The molecule has 0 saturated heterocycles. The zero-order valence-corrected chi connectivity index (χ0v) is 12.4. The van der Waals surface area contributed by atoms with Gasteiger partial charge < -0.3 is 5.32 Å². The maximum absolute atomic E-state index is 4.60. The maximum Gasteiger partial charge on any atom is 0.161 e. The van der Waals surface area contributed by atoms with Gasteiger partial charge in [-0.1, -0.05) is 61.2 Å². The highest BCUT2D eigenvalue weighted by atomic mass is 32.2. The minimum Gasteiger partial charge on any atom is -0.335 e. The molecule has 0 aromatic heterocycles. The number of nitrogens with zero attached hydrogens (tertiary/aromatic N) is 1. The van der Waals surface area contributed by atoms with E-state index < -0.39 is 0 Å². The molecule has 2 aromatic carbocycles. The van der Waals surface area contributed by atoms with E-state index in [0.29, 0.717) is 5.25 Å². The Bertz CT molecular complexity index is 590. The summed E-state index contributed by atoms with van der Waals surface area (Å²) in [6, 6.07) is 19.1. The van der Waals surface area contributed by atoms with Gasteiger partial charge in [0.15, 0.2) is 5.17 Å². The third-order valence-corrected chi connectivity index (χ3v) is 4.60. The van der Waals surface area contributed by atoms with Crippen LogP contribution in [0.4, 0.5) is 5.69 Å². The van der Waals surface area contributed by atoms with Gasteiger partial charge >= 0.3 is 0 Å². The predicted octanol–water partition coefficient (Wildman–Crippen LogP) is 4.51. The van der Waals surface area contributed by atoms with Crippen LogP contribution in [0.2, 0.25) is 0 Å². The fourth-order valence-corrected chi connectivity index (χ4v) is 3.27. The second-order valence-corrected chi connectivity index (χ2v) is 6.03. The van der Waals surface area contributed by atoms with Gasteiger partial charge in [0.05, 0.1) is 11.8 Å². The van der Waals surface area contributed by atoms with E-state index in [1.54, 1.807) is 0 Å². The van der Waals surface area contributed by atoms with E-state index >= 15 is 0 Å². The van der Waals surface area contributed by atoms with Gasteiger partial charge in [0.2, 0.25) is 0 Å². The third kappa shape index (κ3) is 3.05. The van der Waals surface area contributed by atoms with Crippen LogP contribution < -0.4 is 5.32 Å². The lowest BCUT2D eigenvalue weighted by Crippen LogP contribution is -2.05. The number of hydrogen-bond acceptors (Lipinski definition) is 3. The molecule has 1 atom stereocenters. The van der Waals surface area contributed by atoms with Crippen molar-refractivity contribution in [3.05, 3.63) is 65.7 Å². The topological polar surface area (TPSA) is 24.4 Å². The monoisotopic (exact) mass is 282 g/mol. The smallest absolute Gasteiger partial charge is 0.161 e. The number of thioether (sulfide) groups is 1. The Morgan fingerprint density at radius 2 is 1.85 bits per heavy atom. The SMILES string of the molecule is CCc1ccc(NC2=NC[C@@H](c3ccccc3)S2)cc1.